The normalized spacial score (nSPS) is 11.0. The highest BCUT2D eigenvalue weighted by Gasteiger charge is 2.15. The Morgan fingerprint density at radius 1 is 1.32 bits per heavy atom. The molecule has 6 heteroatoms. The van der Waals surface area contributed by atoms with Gasteiger partial charge in [0.2, 0.25) is 0 Å². The Morgan fingerprint density at radius 2 is 2.14 bits per heavy atom. The maximum atomic E-state index is 12.5. The van der Waals surface area contributed by atoms with Gasteiger partial charge in [0.15, 0.2) is 10.9 Å². The fourth-order valence-electron chi connectivity index (χ4n) is 2.37. The van der Waals surface area contributed by atoms with Crippen molar-refractivity contribution in [1.82, 2.24) is 14.5 Å². The molecule has 3 rings (SSSR count). The fraction of sp³-hybridized carbons (Fsp3) is 0.188. The second-order valence-electron chi connectivity index (χ2n) is 4.80. The summed E-state index contributed by atoms with van der Waals surface area (Å²) in [4.78, 5) is 30.4. The maximum Gasteiger partial charge on any atom is 0.251 e. The number of ketones is 1. The van der Waals surface area contributed by atoms with Gasteiger partial charge in [0.25, 0.3) is 5.56 Å². The first-order valence-electron chi connectivity index (χ1n) is 6.98. The van der Waals surface area contributed by atoms with Crippen LogP contribution in [0.3, 0.4) is 0 Å². The number of aromatic nitrogens is 3. The minimum absolute atomic E-state index is 0.0277. The molecule has 0 unspecified atom stereocenters. The molecule has 2 aromatic heterocycles. The van der Waals surface area contributed by atoms with E-state index < -0.39 is 0 Å². The van der Waals surface area contributed by atoms with Crippen LogP contribution in [0.15, 0.2) is 52.7 Å². The number of thioether (sulfide) groups is 1. The number of aromatic amines is 1. The van der Waals surface area contributed by atoms with Crippen molar-refractivity contribution >= 4 is 28.4 Å². The third-order valence-electron chi connectivity index (χ3n) is 3.42. The van der Waals surface area contributed by atoms with Gasteiger partial charge < -0.3 is 9.55 Å². The quantitative estimate of drug-likeness (QED) is 0.447. The Kier molecular flexibility index (Phi) is 4.11. The Bertz CT molecular complexity index is 882. The Hall–Kier alpha value is -2.34. The van der Waals surface area contributed by atoms with E-state index in [0.717, 1.165) is 17.4 Å². The minimum atomic E-state index is -0.215. The van der Waals surface area contributed by atoms with E-state index in [4.69, 9.17) is 0 Å². The molecule has 0 atom stereocenters. The highest BCUT2D eigenvalue weighted by atomic mass is 32.2. The predicted molar refractivity (Wildman–Crippen MR) is 87.5 cm³/mol. The summed E-state index contributed by atoms with van der Waals surface area (Å²) < 4.78 is 2.07. The third kappa shape index (κ3) is 2.82. The van der Waals surface area contributed by atoms with E-state index in [1.165, 1.54) is 24.0 Å². The van der Waals surface area contributed by atoms with E-state index in [-0.39, 0.29) is 17.1 Å². The number of hydrogen-bond acceptors (Lipinski definition) is 4. The van der Waals surface area contributed by atoms with E-state index in [9.17, 15) is 9.59 Å². The monoisotopic (exact) mass is 313 g/mol. The molecule has 0 bridgehead atoms. The average molecular weight is 313 g/mol. The van der Waals surface area contributed by atoms with Gasteiger partial charge in [-0.05, 0) is 13.0 Å². The molecule has 2 heterocycles. The van der Waals surface area contributed by atoms with Crippen molar-refractivity contribution in [2.75, 3.05) is 5.75 Å². The number of nitrogens with zero attached hydrogens (tertiary/aromatic N) is 2. The summed E-state index contributed by atoms with van der Waals surface area (Å²) in [7, 11) is 0. The van der Waals surface area contributed by atoms with Crippen molar-refractivity contribution in [2.24, 2.45) is 0 Å². The number of carbonyl (C=O) groups excluding carboxylic acids is 1. The molecule has 0 fully saturated rings. The van der Waals surface area contributed by atoms with Crippen molar-refractivity contribution in [1.29, 1.82) is 0 Å². The lowest BCUT2D eigenvalue weighted by atomic mass is 10.1. The van der Waals surface area contributed by atoms with Gasteiger partial charge in [0.05, 0.1) is 5.75 Å². The summed E-state index contributed by atoms with van der Waals surface area (Å²) in [5.74, 6) is 0.268. The molecule has 0 saturated carbocycles. The number of rotatable bonds is 5. The van der Waals surface area contributed by atoms with E-state index in [1.807, 2.05) is 37.4 Å². The molecule has 0 aliphatic heterocycles. The van der Waals surface area contributed by atoms with Crippen molar-refractivity contribution < 1.29 is 4.79 Å². The largest absolute Gasteiger partial charge is 0.347 e. The molecule has 0 amide bonds. The van der Waals surface area contributed by atoms with Gasteiger partial charge in [-0.3, -0.25) is 9.59 Å². The second kappa shape index (κ2) is 6.19. The van der Waals surface area contributed by atoms with Crippen LogP contribution in [0.5, 0.6) is 0 Å². The van der Waals surface area contributed by atoms with Crippen molar-refractivity contribution in [2.45, 2.75) is 18.6 Å². The predicted octanol–water partition coefficient (Wildman–Crippen LogP) is 2.72. The number of fused-ring (bicyclic) bond motifs is 1. The van der Waals surface area contributed by atoms with Crippen LogP contribution in [0.1, 0.15) is 17.3 Å². The summed E-state index contributed by atoms with van der Waals surface area (Å²) in [5, 5.41) is 1.42. The Morgan fingerprint density at radius 3 is 2.91 bits per heavy atom. The van der Waals surface area contributed by atoms with Gasteiger partial charge in [-0.25, -0.2) is 4.98 Å². The van der Waals surface area contributed by atoms with Crippen LogP contribution in [0, 0.1) is 0 Å². The number of aryl methyl sites for hydroxylation is 1. The van der Waals surface area contributed by atoms with Crippen LogP contribution in [0.4, 0.5) is 0 Å². The van der Waals surface area contributed by atoms with Gasteiger partial charge in [-0.2, -0.15) is 0 Å². The zero-order valence-electron chi connectivity index (χ0n) is 12.1. The minimum Gasteiger partial charge on any atom is -0.347 e. The van der Waals surface area contributed by atoms with Crippen molar-refractivity contribution in [3.63, 3.8) is 0 Å². The molecule has 5 nitrogen and oxygen atoms in total. The maximum absolute atomic E-state index is 12.5. The van der Waals surface area contributed by atoms with Gasteiger partial charge in [-0.1, -0.05) is 30.0 Å². The lowest BCUT2D eigenvalue weighted by molar-refractivity contribution is 0.102. The van der Waals surface area contributed by atoms with Gasteiger partial charge in [0.1, 0.15) is 0 Å². The molecule has 3 aromatic rings. The lowest BCUT2D eigenvalue weighted by Crippen LogP contribution is -2.07. The molecule has 0 aliphatic carbocycles. The number of para-hydroxylation sites is 1. The molecule has 1 aromatic carbocycles. The summed E-state index contributed by atoms with van der Waals surface area (Å²) in [6.07, 6.45) is 3.34. The summed E-state index contributed by atoms with van der Waals surface area (Å²) in [5.41, 5.74) is 1.56. The topological polar surface area (TPSA) is 67.8 Å². The second-order valence-corrected chi connectivity index (χ2v) is 5.76. The number of hydrogen-bond donors (Lipinski definition) is 1. The molecule has 0 saturated heterocycles. The smallest absolute Gasteiger partial charge is 0.251 e. The van der Waals surface area contributed by atoms with Crippen LogP contribution >= 0.6 is 11.8 Å². The van der Waals surface area contributed by atoms with E-state index in [2.05, 4.69) is 14.5 Å². The highest BCUT2D eigenvalue weighted by molar-refractivity contribution is 7.99. The van der Waals surface area contributed by atoms with Gasteiger partial charge in [-0.15, -0.1) is 0 Å². The SMILES string of the molecule is CCn1cc(C(=O)CSc2nccc(=O)[nH]2)c2ccccc21. The Balaban J connectivity index is 1.85. The average Bonchev–Trinajstić information content (AvgIpc) is 2.92. The van der Waals surface area contributed by atoms with E-state index in [1.54, 1.807) is 0 Å². The number of benzene rings is 1. The van der Waals surface area contributed by atoms with Crippen molar-refractivity contribution in [3.8, 4) is 0 Å². The number of carbonyl (C=O) groups is 1. The molecular formula is C16H15N3O2S. The first-order chi connectivity index (χ1) is 10.7. The summed E-state index contributed by atoms with van der Waals surface area (Å²) in [6.45, 7) is 2.86. The third-order valence-corrected chi connectivity index (χ3v) is 4.30. The molecular weight excluding hydrogens is 298 g/mol. The molecule has 0 radical (unpaired) electrons. The van der Waals surface area contributed by atoms with Crippen LogP contribution in [0.2, 0.25) is 0 Å². The first kappa shape index (κ1) is 14.6. The zero-order chi connectivity index (χ0) is 15.5. The highest BCUT2D eigenvalue weighted by Crippen LogP contribution is 2.23. The Labute approximate surface area is 131 Å². The molecule has 112 valence electrons. The van der Waals surface area contributed by atoms with Gasteiger partial charge >= 0.3 is 0 Å². The van der Waals surface area contributed by atoms with Crippen LogP contribution in [-0.4, -0.2) is 26.1 Å². The van der Waals surface area contributed by atoms with Crippen LogP contribution in [-0.2, 0) is 6.54 Å². The van der Waals surface area contributed by atoms with E-state index in [0.29, 0.717) is 10.7 Å². The zero-order valence-corrected chi connectivity index (χ0v) is 12.9. The number of H-pyrrole nitrogens is 1. The van der Waals surface area contributed by atoms with Crippen LogP contribution < -0.4 is 5.56 Å². The number of Topliss-reactive ketones (excluding diaryl/α,β-unsaturated/α-hetero) is 1. The van der Waals surface area contributed by atoms with Gasteiger partial charge in [0, 0.05) is 41.5 Å². The first-order valence-corrected chi connectivity index (χ1v) is 7.97. The summed E-state index contributed by atoms with van der Waals surface area (Å²) >= 11 is 1.24. The standard InChI is InChI=1S/C16H15N3O2S/c1-2-19-9-12(11-5-3-4-6-13(11)19)14(20)10-22-16-17-8-7-15(21)18-16/h3-9H,2,10H2,1H3,(H,17,18,21). The summed E-state index contributed by atoms with van der Waals surface area (Å²) in [6, 6.07) is 9.22. The van der Waals surface area contributed by atoms with Crippen LogP contribution in [0.25, 0.3) is 10.9 Å². The van der Waals surface area contributed by atoms with E-state index >= 15 is 0 Å². The number of nitrogens with one attached hydrogen (secondary N) is 1. The molecule has 0 aliphatic rings. The molecule has 22 heavy (non-hydrogen) atoms. The molecule has 0 spiro atoms. The molecule has 1 N–H and O–H groups in total. The lowest BCUT2D eigenvalue weighted by Gasteiger charge is -1.99. The van der Waals surface area contributed by atoms with Crippen molar-refractivity contribution in [3.05, 3.63) is 58.6 Å². The fourth-order valence-corrected chi connectivity index (χ4v) is 3.10.